The summed E-state index contributed by atoms with van der Waals surface area (Å²) in [4.78, 5) is 50.6. The van der Waals surface area contributed by atoms with Gasteiger partial charge in [-0.2, -0.15) is 0 Å². The Bertz CT molecular complexity index is 1930. The summed E-state index contributed by atoms with van der Waals surface area (Å²) in [6.07, 6.45) is -0.419. The molecule has 0 saturated carbocycles. The molecule has 56 heavy (non-hydrogen) atoms. The van der Waals surface area contributed by atoms with Gasteiger partial charge < -0.3 is 24.1 Å². The van der Waals surface area contributed by atoms with Crippen molar-refractivity contribution >= 4 is 23.5 Å². The number of Topliss-reactive ketones (excluding diaryl/α,β-unsaturated/α-hetero) is 2. The number of hydrogen-bond acceptors (Lipinski definition) is 9. The lowest BCUT2D eigenvalue weighted by Gasteiger charge is -2.29. The van der Waals surface area contributed by atoms with Crippen LogP contribution < -0.4 is 9.47 Å². The lowest BCUT2D eigenvalue weighted by Crippen LogP contribution is -2.38. The Morgan fingerprint density at radius 1 is 0.714 bits per heavy atom. The van der Waals surface area contributed by atoms with Crippen molar-refractivity contribution in [3.63, 3.8) is 0 Å². The van der Waals surface area contributed by atoms with Crippen molar-refractivity contribution in [1.82, 2.24) is 0 Å². The van der Waals surface area contributed by atoms with Crippen molar-refractivity contribution in [3.8, 4) is 11.5 Å². The van der Waals surface area contributed by atoms with Crippen LogP contribution >= 0.6 is 0 Å². The molecule has 0 aromatic heterocycles. The largest absolute Gasteiger partial charge is 0.493 e. The van der Waals surface area contributed by atoms with Crippen LogP contribution in [0.4, 0.5) is 0 Å². The summed E-state index contributed by atoms with van der Waals surface area (Å²) < 4.78 is 21.8. The molecule has 0 radical (unpaired) electrons. The number of ether oxygens (including phenoxy) is 4. The minimum absolute atomic E-state index is 0.0679. The van der Waals surface area contributed by atoms with E-state index >= 15 is 0 Å². The van der Waals surface area contributed by atoms with Gasteiger partial charge in [-0.3, -0.25) is 19.2 Å². The number of rotatable bonds is 14. The number of esters is 2. The first-order chi connectivity index (χ1) is 26.6. The monoisotopic (exact) mass is 764 g/mol. The van der Waals surface area contributed by atoms with E-state index in [1.165, 1.54) is 12.7 Å². The molecule has 4 aromatic carbocycles. The summed E-state index contributed by atoms with van der Waals surface area (Å²) in [7, 11) is 1.27. The summed E-state index contributed by atoms with van der Waals surface area (Å²) in [5, 5.41) is 10.3. The molecule has 4 unspecified atom stereocenters. The third-order valence-electron chi connectivity index (χ3n) is 9.99. The molecule has 4 aromatic rings. The Morgan fingerprint density at radius 2 is 1.20 bits per heavy atom. The molecule has 1 saturated heterocycles. The van der Waals surface area contributed by atoms with Gasteiger partial charge in [0.1, 0.15) is 29.4 Å². The second kappa shape index (κ2) is 20.1. The van der Waals surface area contributed by atoms with E-state index in [0.717, 1.165) is 50.3 Å². The fourth-order valence-electron chi connectivity index (χ4n) is 7.35. The van der Waals surface area contributed by atoms with E-state index in [1.807, 2.05) is 128 Å². The van der Waals surface area contributed by atoms with E-state index in [2.05, 4.69) is 0 Å². The predicted molar refractivity (Wildman–Crippen MR) is 217 cm³/mol. The number of carbonyl (C=O) groups is 4. The third kappa shape index (κ3) is 11.9. The number of aliphatic hydroxyl groups is 1. The van der Waals surface area contributed by atoms with E-state index < -0.39 is 36.0 Å². The molecule has 0 bridgehead atoms. The number of ketones is 2. The Labute approximate surface area is 331 Å². The lowest BCUT2D eigenvalue weighted by atomic mass is 9.83. The van der Waals surface area contributed by atoms with Gasteiger partial charge in [0.25, 0.3) is 0 Å². The Morgan fingerprint density at radius 3 is 1.68 bits per heavy atom. The molecule has 0 amide bonds. The van der Waals surface area contributed by atoms with Crippen molar-refractivity contribution in [3.05, 3.63) is 128 Å². The third-order valence-corrected chi connectivity index (χ3v) is 9.99. The van der Waals surface area contributed by atoms with Crippen LogP contribution in [0.2, 0.25) is 0 Å². The van der Waals surface area contributed by atoms with Gasteiger partial charge in [-0.05, 0) is 113 Å². The molecule has 0 aliphatic carbocycles. The number of carbonyl (C=O) groups excluding carboxylic acids is 4. The summed E-state index contributed by atoms with van der Waals surface area (Å²) >= 11 is 0. The molecular formula is C47H56O9. The molecule has 9 heteroatoms. The molecule has 9 nitrogen and oxygen atoms in total. The zero-order valence-electron chi connectivity index (χ0n) is 34.2. The van der Waals surface area contributed by atoms with Crippen LogP contribution in [0.5, 0.6) is 11.5 Å². The van der Waals surface area contributed by atoms with Gasteiger partial charge in [0.2, 0.25) is 0 Å². The predicted octanol–water partition coefficient (Wildman–Crippen LogP) is 8.32. The molecule has 5 rings (SSSR count). The number of aryl methyl sites for hydroxylation is 8. The van der Waals surface area contributed by atoms with E-state index in [0.29, 0.717) is 30.8 Å². The number of benzene rings is 4. The number of aliphatic hydroxyl groups excluding tert-OH is 1. The Kier molecular flexibility index (Phi) is 15.6. The van der Waals surface area contributed by atoms with E-state index in [4.69, 9.17) is 18.9 Å². The summed E-state index contributed by atoms with van der Waals surface area (Å²) in [5.74, 6) is -1.82. The summed E-state index contributed by atoms with van der Waals surface area (Å²) in [6, 6.07) is 23.3. The lowest BCUT2D eigenvalue weighted by molar-refractivity contribution is -0.161. The maximum atomic E-state index is 12.9. The van der Waals surface area contributed by atoms with Gasteiger partial charge in [0.05, 0.1) is 26.4 Å². The second-order valence-electron chi connectivity index (χ2n) is 15.0. The van der Waals surface area contributed by atoms with Crippen LogP contribution in [0.1, 0.15) is 93.2 Å². The Hall–Kier alpha value is -5.28. The maximum absolute atomic E-state index is 12.9. The number of cyclic esters (lactones) is 1. The van der Waals surface area contributed by atoms with Crippen LogP contribution in [0.15, 0.2) is 72.8 Å². The molecular weight excluding hydrogens is 709 g/mol. The zero-order chi connectivity index (χ0) is 41.1. The molecule has 1 aliphatic rings. The van der Waals surface area contributed by atoms with Crippen LogP contribution in [0.25, 0.3) is 0 Å². The highest BCUT2D eigenvalue weighted by atomic mass is 16.5. The van der Waals surface area contributed by atoms with Crippen molar-refractivity contribution in [1.29, 1.82) is 0 Å². The average molecular weight is 765 g/mol. The van der Waals surface area contributed by atoms with Crippen molar-refractivity contribution < 1.29 is 43.2 Å². The summed E-state index contributed by atoms with van der Waals surface area (Å²) in [5.41, 5.74) is 9.60. The van der Waals surface area contributed by atoms with Gasteiger partial charge in [-0.1, -0.05) is 70.8 Å². The van der Waals surface area contributed by atoms with Gasteiger partial charge in [0, 0.05) is 25.7 Å². The molecule has 4 atom stereocenters. The molecule has 1 fully saturated rings. The molecule has 298 valence electrons. The number of methoxy groups -OCH3 is 1. The zero-order valence-corrected chi connectivity index (χ0v) is 34.2. The average Bonchev–Trinajstić information content (AvgIpc) is 3.12. The number of hydrogen-bond donors (Lipinski definition) is 1. The maximum Gasteiger partial charge on any atom is 0.321 e. The first-order valence-corrected chi connectivity index (χ1v) is 19.1. The Balaban J connectivity index is 0.000000249. The van der Waals surface area contributed by atoms with Gasteiger partial charge in [-0.25, -0.2) is 0 Å². The SMILES string of the molecule is COC(=O)C(C(=O)CC(O)CCOc1ccc(C)cc1)c1c(C)cc(C)cc1C.Cc1ccc(OCCC2CC(=O)C(c3c(C)cc(C)cc3C)C(=O)O2)cc1. The fraction of sp³-hybridized carbons (Fsp3) is 0.404. The van der Waals surface area contributed by atoms with Crippen molar-refractivity contribution in [2.75, 3.05) is 20.3 Å². The van der Waals surface area contributed by atoms with Crippen molar-refractivity contribution in [2.24, 2.45) is 0 Å². The highest BCUT2D eigenvalue weighted by molar-refractivity contribution is 6.07. The molecule has 1 aliphatic heterocycles. The van der Waals surface area contributed by atoms with Gasteiger partial charge in [-0.15, -0.1) is 0 Å². The van der Waals surface area contributed by atoms with E-state index in [9.17, 15) is 24.3 Å². The minimum atomic E-state index is -1.03. The second-order valence-corrected chi connectivity index (χ2v) is 15.0. The van der Waals surface area contributed by atoms with E-state index in [1.54, 1.807) is 0 Å². The molecule has 0 spiro atoms. The summed E-state index contributed by atoms with van der Waals surface area (Å²) in [6.45, 7) is 16.3. The minimum Gasteiger partial charge on any atom is -0.493 e. The first-order valence-electron chi connectivity index (χ1n) is 19.1. The highest BCUT2D eigenvalue weighted by Gasteiger charge is 2.39. The van der Waals surface area contributed by atoms with E-state index in [-0.39, 0.29) is 31.0 Å². The highest BCUT2D eigenvalue weighted by Crippen LogP contribution is 2.33. The van der Waals surface area contributed by atoms with Gasteiger partial charge in [0.15, 0.2) is 11.6 Å². The first kappa shape index (κ1) is 43.4. The van der Waals surface area contributed by atoms with Crippen LogP contribution in [-0.2, 0) is 28.7 Å². The smallest absolute Gasteiger partial charge is 0.321 e. The standard InChI is InChI=1S/C24H30O5.C23H26O4/c1-15-6-8-20(9-7-15)29-11-10-19(25)14-21(26)23(24(27)28-5)22-17(3)12-16(2)13-18(22)4;1-14-5-7-18(8-6-14)26-10-9-19-13-20(24)22(23(25)27-19)21-16(3)11-15(2)12-17(21)4/h6-9,12-13,19,23,25H,10-11,14H2,1-5H3;5-8,11-12,19,22H,9-10,13H2,1-4H3. The van der Waals surface area contributed by atoms with Crippen LogP contribution in [0, 0.1) is 55.4 Å². The van der Waals surface area contributed by atoms with Crippen LogP contribution in [0.3, 0.4) is 0 Å². The van der Waals surface area contributed by atoms with Crippen molar-refractivity contribution in [2.45, 2.75) is 105 Å². The normalized spacial score (nSPS) is 16.2. The quantitative estimate of drug-likeness (QED) is 0.0997. The van der Waals surface area contributed by atoms with Crippen LogP contribution in [-0.4, -0.2) is 61.1 Å². The van der Waals surface area contributed by atoms with Gasteiger partial charge >= 0.3 is 11.9 Å². The molecule has 1 heterocycles. The topological polar surface area (TPSA) is 125 Å². The molecule has 1 N–H and O–H groups in total. The fourth-order valence-corrected chi connectivity index (χ4v) is 7.35.